The molecule has 2 aromatic carbocycles. The number of carbonyl (C=O) groups excluding carboxylic acids is 1. The number of ether oxygens (including phenoxy) is 1. The normalized spacial score (nSPS) is 17.2. The molecule has 140 valence electrons. The van der Waals surface area contributed by atoms with Crippen LogP contribution < -0.4 is 15.4 Å². The van der Waals surface area contributed by atoms with Gasteiger partial charge in [-0.1, -0.05) is 36.4 Å². The lowest BCUT2D eigenvalue weighted by molar-refractivity contribution is -0.122. The van der Waals surface area contributed by atoms with Crippen molar-refractivity contribution in [2.75, 3.05) is 13.1 Å². The average molecular weight is 375 g/mol. The lowest BCUT2D eigenvalue weighted by Crippen LogP contribution is -2.27. The first-order valence-corrected chi connectivity index (χ1v) is 9.04. The van der Waals surface area contributed by atoms with E-state index >= 15 is 0 Å². The van der Waals surface area contributed by atoms with Gasteiger partial charge in [-0.2, -0.15) is 0 Å². The molecule has 1 saturated heterocycles. The molecule has 1 fully saturated rings. The van der Waals surface area contributed by atoms with Crippen LogP contribution in [0, 0.1) is 5.92 Å². The van der Waals surface area contributed by atoms with Crippen LogP contribution >= 0.6 is 12.4 Å². The van der Waals surface area contributed by atoms with E-state index in [-0.39, 0.29) is 24.4 Å². The Bertz CT molecular complexity index is 687. The first-order valence-electron chi connectivity index (χ1n) is 9.04. The van der Waals surface area contributed by atoms with E-state index in [1.54, 1.807) is 0 Å². The summed E-state index contributed by atoms with van der Waals surface area (Å²) in [5.41, 5.74) is 0.988. The van der Waals surface area contributed by atoms with E-state index in [4.69, 9.17) is 4.74 Å². The summed E-state index contributed by atoms with van der Waals surface area (Å²) in [4.78, 5) is 12.3. The van der Waals surface area contributed by atoms with Gasteiger partial charge < -0.3 is 15.4 Å². The standard InChI is InChI=1S/C21H26N2O2.ClH/c1-16(23-21(24)12-11-17-13-14-22-15-17)19-9-5-6-10-20(19)25-18-7-3-2-4-8-18;/h2-10,16-17,22H,11-15H2,1H3,(H,23,24);1H. The van der Waals surface area contributed by atoms with Crippen molar-refractivity contribution in [3.8, 4) is 11.5 Å². The third kappa shape index (κ3) is 5.75. The largest absolute Gasteiger partial charge is 0.457 e. The lowest BCUT2D eigenvalue weighted by atomic mass is 10.0. The van der Waals surface area contributed by atoms with Crippen LogP contribution in [0.4, 0.5) is 0 Å². The molecule has 3 rings (SSSR count). The summed E-state index contributed by atoms with van der Waals surface area (Å²) >= 11 is 0. The second kappa shape index (κ2) is 10.2. The molecule has 0 aliphatic carbocycles. The van der Waals surface area contributed by atoms with Gasteiger partial charge in [0.25, 0.3) is 0 Å². The van der Waals surface area contributed by atoms with Crippen LogP contribution in [0.5, 0.6) is 11.5 Å². The molecule has 0 spiro atoms. The molecule has 0 bridgehead atoms. The van der Waals surface area contributed by atoms with Crippen molar-refractivity contribution >= 4 is 18.3 Å². The predicted molar refractivity (Wildman–Crippen MR) is 107 cm³/mol. The lowest BCUT2D eigenvalue weighted by Gasteiger charge is -2.18. The zero-order valence-electron chi connectivity index (χ0n) is 15.1. The number of hydrogen-bond donors (Lipinski definition) is 2. The number of carbonyl (C=O) groups is 1. The minimum atomic E-state index is -0.0888. The van der Waals surface area contributed by atoms with Crippen molar-refractivity contribution in [2.24, 2.45) is 5.92 Å². The zero-order valence-corrected chi connectivity index (χ0v) is 15.9. The summed E-state index contributed by atoms with van der Waals surface area (Å²) in [7, 11) is 0. The van der Waals surface area contributed by atoms with Crippen molar-refractivity contribution in [3.05, 3.63) is 60.2 Å². The molecule has 1 amide bonds. The fourth-order valence-corrected chi connectivity index (χ4v) is 3.23. The highest BCUT2D eigenvalue weighted by molar-refractivity contribution is 5.85. The van der Waals surface area contributed by atoms with E-state index in [1.165, 1.54) is 6.42 Å². The number of hydrogen-bond acceptors (Lipinski definition) is 3. The number of rotatable bonds is 7. The molecule has 1 heterocycles. The highest BCUT2D eigenvalue weighted by Gasteiger charge is 2.18. The van der Waals surface area contributed by atoms with Crippen molar-refractivity contribution in [1.29, 1.82) is 0 Å². The van der Waals surface area contributed by atoms with Crippen molar-refractivity contribution in [1.82, 2.24) is 10.6 Å². The summed E-state index contributed by atoms with van der Waals surface area (Å²) in [5, 5.41) is 6.45. The maximum atomic E-state index is 12.3. The molecule has 2 aromatic rings. The summed E-state index contributed by atoms with van der Waals surface area (Å²) in [6.45, 7) is 4.12. The second-order valence-corrected chi connectivity index (χ2v) is 6.64. The molecule has 4 nitrogen and oxygen atoms in total. The van der Waals surface area contributed by atoms with Gasteiger partial charge >= 0.3 is 0 Å². The zero-order chi connectivity index (χ0) is 17.5. The third-order valence-electron chi connectivity index (χ3n) is 4.68. The Labute approximate surface area is 161 Å². The fraction of sp³-hybridized carbons (Fsp3) is 0.381. The number of amides is 1. The predicted octanol–water partition coefficient (Wildman–Crippen LogP) is 4.47. The summed E-state index contributed by atoms with van der Waals surface area (Å²) in [5.74, 6) is 2.31. The fourth-order valence-electron chi connectivity index (χ4n) is 3.23. The molecule has 1 aliphatic heterocycles. The molecule has 1 aliphatic rings. The van der Waals surface area contributed by atoms with Crippen LogP contribution in [0.25, 0.3) is 0 Å². The van der Waals surface area contributed by atoms with E-state index in [0.29, 0.717) is 12.3 Å². The van der Waals surface area contributed by atoms with Crippen LogP contribution in [0.15, 0.2) is 54.6 Å². The topological polar surface area (TPSA) is 50.4 Å². The number of halogens is 1. The first-order chi connectivity index (χ1) is 12.2. The Morgan fingerprint density at radius 2 is 1.92 bits per heavy atom. The Kier molecular flexibility index (Phi) is 7.95. The van der Waals surface area contributed by atoms with E-state index in [0.717, 1.165) is 36.6 Å². The molecule has 2 unspecified atom stereocenters. The monoisotopic (exact) mass is 374 g/mol. The Morgan fingerprint density at radius 3 is 2.65 bits per heavy atom. The van der Waals surface area contributed by atoms with Gasteiger partial charge in [0.2, 0.25) is 5.91 Å². The van der Waals surface area contributed by atoms with Crippen LogP contribution in [0.2, 0.25) is 0 Å². The SMILES string of the molecule is CC(NC(=O)CCC1CCNC1)c1ccccc1Oc1ccccc1.Cl. The Morgan fingerprint density at radius 1 is 1.19 bits per heavy atom. The first kappa shape index (κ1) is 20.3. The average Bonchev–Trinajstić information content (AvgIpc) is 3.15. The highest BCUT2D eigenvalue weighted by Crippen LogP contribution is 2.29. The summed E-state index contributed by atoms with van der Waals surface area (Å²) in [6.07, 6.45) is 2.71. The number of para-hydroxylation sites is 2. The maximum Gasteiger partial charge on any atom is 0.220 e. The molecular formula is C21H27ClN2O2. The van der Waals surface area contributed by atoms with E-state index in [9.17, 15) is 4.79 Å². The van der Waals surface area contributed by atoms with Gasteiger partial charge in [0.05, 0.1) is 6.04 Å². The molecule has 5 heteroatoms. The Balaban J connectivity index is 0.00000243. The molecule has 0 aromatic heterocycles. The van der Waals surface area contributed by atoms with Crippen molar-refractivity contribution in [3.63, 3.8) is 0 Å². The quantitative estimate of drug-likeness (QED) is 0.751. The minimum Gasteiger partial charge on any atom is -0.457 e. The second-order valence-electron chi connectivity index (χ2n) is 6.64. The Hall–Kier alpha value is -2.04. The van der Waals surface area contributed by atoms with Crippen molar-refractivity contribution < 1.29 is 9.53 Å². The van der Waals surface area contributed by atoms with Crippen LogP contribution in [0.3, 0.4) is 0 Å². The van der Waals surface area contributed by atoms with Gasteiger partial charge in [0, 0.05) is 12.0 Å². The number of benzene rings is 2. The minimum absolute atomic E-state index is 0. The van der Waals surface area contributed by atoms with E-state index in [1.807, 2.05) is 61.5 Å². The van der Waals surface area contributed by atoms with Gasteiger partial charge in [-0.15, -0.1) is 12.4 Å². The van der Waals surface area contributed by atoms with Gasteiger partial charge in [0.1, 0.15) is 11.5 Å². The van der Waals surface area contributed by atoms with Gasteiger partial charge in [-0.25, -0.2) is 0 Å². The van der Waals surface area contributed by atoms with Crippen molar-refractivity contribution in [2.45, 2.75) is 32.2 Å². The molecule has 2 atom stereocenters. The molecule has 26 heavy (non-hydrogen) atoms. The molecule has 0 saturated carbocycles. The van der Waals surface area contributed by atoms with Crippen LogP contribution in [0.1, 0.15) is 37.8 Å². The highest BCUT2D eigenvalue weighted by atomic mass is 35.5. The number of nitrogens with one attached hydrogen (secondary N) is 2. The third-order valence-corrected chi connectivity index (χ3v) is 4.68. The van der Waals surface area contributed by atoms with Crippen LogP contribution in [-0.4, -0.2) is 19.0 Å². The van der Waals surface area contributed by atoms with Gasteiger partial charge in [-0.05, 0) is 57.0 Å². The van der Waals surface area contributed by atoms with Gasteiger partial charge in [-0.3, -0.25) is 4.79 Å². The summed E-state index contributed by atoms with van der Waals surface area (Å²) < 4.78 is 5.99. The van der Waals surface area contributed by atoms with E-state index < -0.39 is 0 Å². The molecule has 0 radical (unpaired) electrons. The summed E-state index contributed by atoms with van der Waals surface area (Å²) in [6, 6.07) is 17.5. The van der Waals surface area contributed by atoms with E-state index in [2.05, 4.69) is 10.6 Å². The molecule has 2 N–H and O–H groups in total. The maximum absolute atomic E-state index is 12.3. The van der Waals surface area contributed by atoms with Gasteiger partial charge in [0.15, 0.2) is 0 Å². The smallest absolute Gasteiger partial charge is 0.220 e. The van der Waals surface area contributed by atoms with Crippen LogP contribution in [-0.2, 0) is 4.79 Å². The molecular weight excluding hydrogens is 348 g/mol.